The maximum atomic E-state index is 9.75. The summed E-state index contributed by atoms with van der Waals surface area (Å²) in [5.74, 6) is 0. The average Bonchev–Trinajstić information content (AvgIpc) is 2.38. The van der Waals surface area contributed by atoms with Crippen molar-refractivity contribution in [2.75, 3.05) is 13.7 Å². The van der Waals surface area contributed by atoms with Gasteiger partial charge >= 0.3 is 7.25 Å². The number of allylic oxidation sites excluding steroid dienone is 2. The van der Waals surface area contributed by atoms with Crippen molar-refractivity contribution in [2.24, 2.45) is 0 Å². The summed E-state index contributed by atoms with van der Waals surface area (Å²) in [6.45, 7) is 0.803. The summed E-state index contributed by atoms with van der Waals surface area (Å²) in [4.78, 5) is 5.08. The van der Waals surface area contributed by atoms with Crippen molar-refractivity contribution < 1.29 is 22.1 Å². The number of hydrogen-bond acceptors (Lipinski definition) is 2. The zero-order valence-electron chi connectivity index (χ0n) is 10.3. The van der Waals surface area contributed by atoms with E-state index in [-0.39, 0.29) is 0 Å². The Hall–Kier alpha value is -1.76. The van der Waals surface area contributed by atoms with E-state index in [1.807, 2.05) is 24.4 Å². The van der Waals surface area contributed by atoms with Gasteiger partial charge in [0.25, 0.3) is 0 Å². The van der Waals surface area contributed by atoms with Crippen LogP contribution in [0.25, 0.3) is 5.57 Å². The summed E-state index contributed by atoms with van der Waals surface area (Å²) < 4.78 is 39.0. The van der Waals surface area contributed by atoms with E-state index >= 15 is 0 Å². The first-order chi connectivity index (χ1) is 8.90. The molecule has 0 spiro atoms. The fourth-order valence-electron chi connectivity index (χ4n) is 1.46. The Kier molecular flexibility index (Phi) is 5.63. The Morgan fingerprint density at radius 1 is 1.11 bits per heavy atom. The van der Waals surface area contributed by atoms with Crippen molar-refractivity contribution >= 4 is 12.8 Å². The number of nitrogens with zero attached hydrogens (tertiary/aromatic N) is 1. The summed E-state index contributed by atoms with van der Waals surface area (Å²) in [6.07, 6.45) is 6.16. The van der Waals surface area contributed by atoms with Crippen LogP contribution in [-0.4, -0.2) is 26.0 Å². The van der Waals surface area contributed by atoms with E-state index in [1.54, 1.807) is 12.2 Å². The van der Waals surface area contributed by atoms with Gasteiger partial charge < -0.3 is 17.3 Å². The van der Waals surface area contributed by atoms with E-state index in [2.05, 4.69) is 24.3 Å². The third-order valence-electron chi connectivity index (χ3n) is 2.25. The van der Waals surface area contributed by atoms with E-state index in [1.165, 1.54) is 11.1 Å². The monoisotopic (exact) mass is 274 g/mol. The molecule has 7 heteroatoms. The van der Waals surface area contributed by atoms with E-state index in [4.69, 9.17) is 4.84 Å². The molecule has 0 atom stereocenters. The van der Waals surface area contributed by atoms with Gasteiger partial charge in [-0.25, -0.2) is 0 Å². The second-order valence-electron chi connectivity index (χ2n) is 3.62. The maximum absolute atomic E-state index is 9.75. The van der Waals surface area contributed by atoms with Gasteiger partial charge in [0.15, 0.2) is 0 Å². The van der Waals surface area contributed by atoms with Gasteiger partial charge in [-0.15, -0.1) is 0 Å². The van der Waals surface area contributed by atoms with Crippen LogP contribution in [0, 0.1) is 0 Å². The van der Waals surface area contributed by atoms with E-state index in [0.29, 0.717) is 0 Å². The maximum Gasteiger partial charge on any atom is 0.673 e. The molecule has 0 N–H and O–H groups in total. The van der Waals surface area contributed by atoms with Gasteiger partial charge in [0.2, 0.25) is 0 Å². The summed E-state index contributed by atoms with van der Waals surface area (Å²) in [7, 11) is -4.33. The second kappa shape index (κ2) is 6.99. The Bertz CT molecular complexity index is 439. The normalized spacial score (nSPS) is 14.6. The van der Waals surface area contributed by atoms with Crippen LogP contribution in [0.2, 0.25) is 0 Å². The second-order valence-corrected chi connectivity index (χ2v) is 3.62. The Morgan fingerprint density at radius 3 is 2.11 bits per heavy atom. The first-order valence-electron chi connectivity index (χ1n) is 5.52. The third kappa shape index (κ3) is 6.66. The highest BCUT2D eigenvalue weighted by atomic mass is 19.5. The van der Waals surface area contributed by atoms with Crippen LogP contribution < -0.4 is 0 Å². The van der Waals surface area contributed by atoms with Crippen molar-refractivity contribution in [3.05, 3.63) is 54.2 Å². The van der Waals surface area contributed by atoms with Gasteiger partial charge in [0.05, 0.1) is 13.7 Å². The number of halogens is 4. The molecule has 0 radical (unpaired) electrons. The molecule has 0 aromatic heterocycles. The average molecular weight is 274 g/mol. The molecule has 0 bridgehead atoms. The van der Waals surface area contributed by atoms with Gasteiger partial charge in [0, 0.05) is 6.20 Å². The molecule has 1 aromatic rings. The van der Waals surface area contributed by atoms with Crippen LogP contribution in [-0.2, 0) is 4.84 Å². The molecule has 0 saturated carbocycles. The highest BCUT2D eigenvalue weighted by Gasteiger charge is 2.20. The minimum Gasteiger partial charge on any atom is -0.418 e. The van der Waals surface area contributed by atoms with Gasteiger partial charge in [-0.1, -0.05) is 36.4 Å². The molecule has 104 valence electrons. The highest BCUT2D eigenvalue weighted by molar-refractivity contribution is 6.50. The fraction of sp³-hybridized carbons (Fsp3) is 0.167. The van der Waals surface area contributed by atoms with Crippen LogP contribution >= 0.6 is 0 Å². The minimum absolute atomic E-state index is 0.803. The lowest BCUT2D eigenvalue weighted by Crippen LogP contribution is -2.17. The lowest BCUT2D eigenvalue weighted by Gasteiger charge is -2.19. The first kappa shape index (κ1) is 15.3. The van der Waals surface area contributed by atoms with Crippen molar-refractivity contribution in [1.82, 2.24) is 5.06 Å². The summed E-state index contributed by atoms with van der Waals surface area (Å²) in [6, 6.07) is 10.3. The zero-order chi connectivity index (χ0) is 14.3. The molecule has 0 fully saturated rings. The van der Waals surface area contributed by atoms with Crippen LogP contribution in [0.15, 0.2) is 48.7 Å². The molecule has 1 aromatic carbocycles. The number of rotatable bonds is 2. The lowest BCUT2D eigenvalue weighted by molar-refractivity contribution is -0.0787. The molecule has 1 aliphatic heterocycles. The van der Waals surface area contributed by atoms with E-state index in [9.17, 15) is 17.3 Å². The van der Waals surface area contributed by atoms with Crippen LogP contribution in [0.1, 0.15) is 5.56 Å². The van der Waals surface area contributed by atoms with E-state index in [0.717, 1.165) is 6.54 Å². The molecule has 1 heterocycles. The summed E-state index contributed by atoms with van der Waals surface area (Å²) in [5.41, 5.74) is 2.50. The van der Waals surface area contributed by atoms with Crippen molar-refractivity contribution in [1.29, 1.82) is 0 Å². The SMILES string of the molecule is CON1C=CC(c2ccccc2)=CC1.F[B-](F)(F)F. The Labute approximate surface area is 109 Å². The predicted octanol–water partition coefficient (Wildman–Crippen LogP) is 3.76. The van der Waals surface area contributed by atoms with E-state index < -0.39 is 7.25 Å². The molecule has 1 aliphatic rings. The zero-order valence-corrected chi connectivity index (χ0v) is 10.3. The fourth-order valence-corrected chi connectivity index (χ4v) is 1.46. The van der Waals surface area contributed by atoms with Crippen molar-refractivity contribution in [3.8, 4) is 0 Å². The standard InChI is InChI=1S/C12H13NO.BF4/c1-14-13-9-7-12(8-10-13)11-5-3-2-4-6-11;2-1(3,4)5/h2-9H,10H2,1H3;/q;-1. The Morgan fingerprint density at radius 2 is 1.68 bits per heavy atom. The quantitative estimate of drug-likeness (QED) is 0.601. The molecular weight excluding hydrogens is 261 g/mol. The lowest BCUT2D eigenvalue weighted by atomic mass is 10.0. The largest absolute Gasteiger partial charge is 0.673 e. The molecule has 0 saturated heterocycles. The highest BCUT2D eigenvalue weighted by Crippen LogP contribution is 2.18. The molecule has 2 nitrogen and oxygen atoms in total. The molecule has 0 unspecified atom stereocenters. The van der Waals surface area contributed by atoms with Crippen LogP contribution in [0.4, 0.5) is 17.3 Å². The first-order valence-corrected chi connectivity index (χ1v) is 5.52. The molecule has 19 heavy (non-hydrogen) atoms. The summed E-state index contributed by atoms with van der Waals surface area (Å²) >= 11 is 0. The molecule has 0 aliphatic carbocycles. The number of hydrogen-bond donors (Lipinski definition) is 0. The minimum atomic E-state index is -6.00. The van der Waals surface area contributed by atoms with Gasteiger partial charge in [-0.05, 0) is 17.2 Å². The van der Waals surface area contributed by atoms with Gasteiger partial charge in [0.1, 0.15) is 0 Å². The number of hydroxylamine groups is 2. The van der Waals surface area contributed by atoms with Gasteiger partial charge in [-0.2, -0.15) is 0 Å². The molecule has 0 amide bonds. The van der Waals surface area contributed by atoms with Crippen LogP contribution in [0.3, 0.4) is 0 Å². The van der Waals surface area contributed by atoms with Crippen molar-refractivity contribution in [2.45, 2.75) is 0 Å². The Balaban J connectivity index is 0.000000312. The summed E-state index contributed by atoms with van der Waals surface area (Å²) in [5, 5.41) is 1.78. The smallest absolute Gasteiger partial charge is 0.418 e. The molecule has 2 rings (SSSR count). The topological polar surface area (TPSA) is 12.5 Å². The van der Waals surface area contributed by atoms with Crippen molar-refractivity contribution in [3.63, 3.8) is 0 Å². The van der Waals surface area contributed by atoms with Gasteiger partial charge in [-0.3, -0.25) is 9.90 Å². The molecular formula is C12H13BF4NO-. The van der Waals surface area contributed by atoms with Crippen LogP contribution in [0.5, 0.6) is 0 Å². The third-order valence-corrected chi connectivity index (χ3v) is 2.25. The predicted molar refractivity (Wildman–Crippen MR) is 67.5 cm³/mol. The number of benzene rings is 1.